The lowest BCUT2D eigenvalue weighted by molar-refractivity contribution is -0.131. The van der Waals surface area contributed by atoms with E-state index in [9.17, 15) is 27.2 Å². The van der Waals surface area contributed by atoms with Gasteiger partial charge in [0.1, 0.15) is 5.82 Å². The number of rotatable bonds is 4. The van der Waals surface area contributed by atoms with Gasteiger partial charge in [0.15, 0.2) is 0 Å². The predicted molar refractivity (Wildman–Crippen MR) is 104 cm³/mol. The smallest absolute Gasteiger partial charge is 0.258 e. The maximum atomic E-state index is 13.0. The highest BCUT2D eigenvalue weighted by molar-refractivity contribution is 7.89. The highest BCUT2D eigenvalue weighted by Gasteiger charge is 2.33. The third kappa shape index (κ3) is 3.71. The maximum absolute atomic E-state index is 13.0. The van der Waals surface area contributed by atoms with E-state index in [4.69, 9.17) is 0 Å². The molecule has 2 aromatic rings. The summed E-state index contributed by atoms with van der Waals surface area (Å²) in [6, 6.07) is 9.50. The van der Waals surface area contributed by atoms with E-state index in [2.05, 4.69) is 5.32 Å². The molecule has 2 aliphatic rings. The number of amides is 3. The molecule has 1 N–H and O–H groups in total. The van der Waals surface area contributed by atoms with Crippen LogP contribution in [-0.4, -0.2) is 61.5 Å². The Labute approximate surface area is 172 Å². The lowest BCUT2D eigenvalue weighted by Gasteiger charge is -2.34. The van der Waals surface area contributed by atoms with E-state index in [0.29, 0.717) is 5.56 Å². The number of carbonyl (C=O) groups excluding carboxylic acids is 3. The first-order chi connectivity index (χ1) is 14.3. The standard InChI is InChI=1S/C20H18FN3O5S/c21-14-3-1-13(2-4-14)11-18(25)23-7-9-24(10-8-23)30(28,29)15-5-6-16-17(12-15)20(27)22-19(16)26/h1-6,12H,7-11H2,(H,22,26,27). The summed E-state index contributed by atoms with van der Waals surface area (Å²) in [6.07, 6.45) is 0.112. The summed E-state index contributed by atoms with van der Waals surface area (Å²) < 4.78 is 40.1. The van der Waals surface area contributed by atoms with Crippen LogP contribution in [0.15, 0.2) is 47.4 Å². The number of fused-ring (bicyclic) bond motifs is 1. The molecular weight excluding hydrogens is 413 g/mol. The van der Waals surface area contributed by atoms with Crippen molar-refractivity contribution >= 4 is 27.7 Å². The van der Waals surface area contributed by atoms with Crippen LogP contribution in [0.2, 0.25) is 0 Å². The van der Waals surface area contributed by atoms with E-state index in [1.807, 2.05) is 0 Å². The first-order valence-electron chi connectivity index (χ1n) is 9.28. The molecule has 0 aliphatic carbocycles. The Hall–Kier alpha value is -3.11. The molecule has 30 heavy (non-hydrogen) atoms. The number of hydrogen-bond acceptors (Lipinski definition) is 5. The molecule has 156 valence electrons. The number of carbonyl (C=O) groups is 3. The summed E-state index contributed by atoms with van der Waals surface area (Å²) in [7, 11) is -3.87. The minimum Gasteiger partial charge on any atom is -0.340 e. The summed E-state index contributed by atoms with van der Waals surface area (Å²) in [4.78, 5) is 37.4. The molecule has 0 aromatic heterocycles. The van der Waals surface area contributed by atoms with Crippen molar-refractivity contribution in [3.05, 3.63) is 65.0 Å². The van der Waals surface area contributed by atoms with Gasteiger partial charge in [-0.3, -0.25) is 19.7 Å². The first kappa shape index (κ1) is 20.2. The Kier molecular flexibility index (Phi) is 5.12. The van der Waals surface area contributed by atoms with Gasteiger partial charge in [0.2, 0.25) is 15.9 Å². The van der Waals surface area contributed by atoms with Crippen molar-refractivity contribution in [3.8, 4) is 0 Å². The number of piperazine rings is 1. The van der Waals surface area contributed by atoms with E-state index in [1.165, 1.54) is 34.6 Å². The zero-order valence-electron chi connectivity index (χ0n) is 15.8. The molecule has 2 aromatic carbocycles. The van der Waals surface area contributed by atoms with E-state index in [-0.39, 0.29) is 60.3 Å². The average Bonchev–Trinajstić information content (AvgIpc) is 3.03. The van der Waals surface area contributed by atoms with Crippen molar-refractivity contribution in [2.75, 3.05) is 26.2 Å². The Morgan fingerprint density at radius 2 is 1.57 bits per heavy atom. The van der Waals surface area contributed by atoms with Crippen molar-refractivity contribution in [2.24, 2.45) is 0 Å². The van der Waals surface area contributed by atoms with Gasteiger partial charge in [0, 0.05) is 26.2 Å². The summed E-state index contributed by atoms with van der Waals surface area (Å²) in [6.45, 7) is 0.672. The normalized spacial score (nSPS) is 17.0. The van der Waals surface area contributed by atoms with Gasteiger partial charge in [-0.15, -0.1) is 0 Å². The Morgan fingerprint density at radius 1 is 0.933 bits per heavy atom. The second kappa shape index (κ2) is 7.62. The van der Waals surface area contributed by atoms with E-state index >= 15 is 0 Å². The largest absolute Gasteiger partial charge is 0.340 e. The molecule has 0 atom stereocenters. The minimum absolute atomic E-state index is 0.0363. The lowest BCUT2D eigenvalue weighted by atomic mass is 10.1. The summed E-state index contributed by atoms with van der Waals surface area (Å²) >= 11 is 0. The van der Waals surface area contributed by atoms with E-state index in [0.717, 1.165) is 0 Å². The van der Waals surface area contributed by atoms with Crippen LogP contribution in [0.3, 0.4) is 0 Å². The van der Waals surface area contributed by atoms with E-state index < -0.39 is 21.8 Å². The predicted octanol–water partition coefficient (Wildman–Crippen LogP) is 0.785. The molecular formula is C20H18FN3O5S. The fraction of sp³-hybridized carbons (Fsp3) is 0.250. The van der Waals surface area contributed by atoms with Crippen LogP contribution < -0.4 is 5.32 Å². The summed E-state index contributed by atoms with van der Waals surface area (Å²) in [5.41, 5.74) is 0.867. The molecule has 10 heteroatoms. The van der Waals surface area contributed by atoms with Gasteiger partial charge in [0.05, 0.1) is 22.4 Å². The molecule has 4 rings (SSSR count). The van der Waals surface area contributed by atoms with E-state index in [1.54, 1.807) is 17.0 Å². The van der Waals surface area contributed by atoms with Crippen LogP contribution in [0.4, 0.5) is 4.39 Å². The van der Waals surface area contributed by atoms with Gasteiger partial charge in [-0.05, 0) is 35.9 Å². The number of halogens is 1. The Balaban J connectivity index is 1.43. The minimum atomic E-state index is -3.87. The van der Waals surface area contributed by atoms with Gasteiger partial charge >= 0.3 is 0 Å². The molecule has 2 aliphatic heterocycles. The summed E-state index contributed by atoms with van der Waals surface area (Å²) in [5, 5.41) is 2.13. The molecule has 0 spiro atoms. The second-order valence-corrected chi connectivity index (χ2v) is 9.02. The monoisotopic (exact) mass is 431 g/mol. The molecule has 3 amide bonds. The van der Waals surface area contributed by atoms with Crippen LogP contribution in [0.5, 0.6) is 0 Å². The highest BCUT2D eigenvalue weighted by Crippen LogP contribution is 2.23. The van der Waals surface area contributed by atoms with Gasteiger partial charge in [-0.2, -0.15) is 4.31 Å². The molecule has 1 fully saturated rings. The average molecular weight is 431 g/mol. The molecule has 8 nitrogen and oxygen atoms in total. The van der Waals surface area contributed by atoms with Crippen molar-refractivity contribution in [3.63, 3.8) is 0 Å². The topological polar surface area (TPSA) is 104 Å². The van der Waals surface area contributed by atoms with Crippen molar-refractivity contribution in [1.82, 2.24) is 14.5 Å². The highest BCUT2D eigenvalue weighted by atomic mass is 32.2. The summed E-state index contributed by atoms with van der Waals surface area (Å²) in [5.74, 6) is -1.71. The third-order valence-corrected chi connectivity index (χ3v) is 7.10. The molecule has 1 saturated heterocycles. The van der Waals surface area contributed by atoms with Crippen LogP contribution in [-0.2, 0) is 21.2 Å². The fourth-order valence-electron chi connectivity index (χ4n) is 3.52. The molecule has 2 heterocycles. The van der Waals surface area contributed by atoms with Gasteiger partial charge in [-0.1, -0.05) is 12.1 Å². The van der Waals surface area contributed by atoms with Crippen LogP contribution in [0, 0.1) is 5.82 Å². The lowest BCUT2D eigenvalue weighted by Crippen LogP contribution is -2.50. The zero-order valence-corrected chi connectivity index (χ0v) is 16.6. The van der Waals surface area contributed by atoms with Crippen LogP contribution >= 0.6 is 0 Å². The fourth-order valence-corrected chi connectivity index (χ4v) is 4.97. The van der Waals surface area contributed by atoms with Crippen molar-refractivity contribution in [2.45, 2.75) is 11.3 Å². The number of sulfonamides is 1. The van der Waals surface area contributed by atoms with Gasteiger partial charge in [-0.25, -0.2) is 12.8 Å². The first-order valence-corrected chi connectivity index (χ1v) is 10.7. The van der Waals surface area contributed by atoms with Crippen LogP contribution in [0.1, 0.15) is 26.3 Å². The maximum Gasteiger partial charge on any atom is 0.258 e. The van der Waals surface area contributed by atoms with Crippen molar-refractivity contribution in [1.29, 1.82) is 0 Å². The molecule has 0 unspecified atom stereocenters. The molecule has 0 radical (unpaired) electrons. The second-order valence-electron chi connectivity index (χ2n) is 7.08. The number of hydrogen-bond donors (Lipinski definition) is 1. The quantitative estimate of drug-likeness (QED) is 0.721. The Morgan fingerprint density at radius 3 is 2.23 bits per heavy atom. The molecule has 0 bridgehead atoms. The number of nitrogens with one attached hydrogen (secondary N) is 1. The van der Waals surface area contributed by atoms with Crippen LogP contribution in [0.25, 0.3) is 0 Å². The number of imide groups is 1. The van der Waals surface area contributed by atoms with Crippen molar-refractivity contribution < 1.29 is 27.2 Å². The third-order valence-electron chi connectivity index (χ3n) is 5.21. The van der Waals surface area contributed by atoms with Gasteiger partial charge < -0.3 is 4.90 Å². The number of nitrogens with zero attached hydrogens (tertiary/aromatic N) is 2. The van der Waals surface area contributed by atoms with Gasteiger partial charge in [0.25, 0.3) is 11.8 Å². The zero-order chi connectivity index (χ0) is 21.5. The SMILES string of the molecule is O=C1NC(=O)c2cc(S(=O)(=O)N3CCN(C(=O)Cc4ccc(F)cc4)CC3)ccc21. The Bertz CT molecular complexity index is 1140. The molecule has 0 saturated carbocycles. The number of benzene rings is 2.